The molecule has 3 aromatic rings. The maximum Gasteiger partial charge on any atom is 0.292 e. The molecule has 1 amide bonds. The number of hydrogen-bond acceptors (Lipinski definition) is 4. The van der Waals surface area contributed by atoms with Crippen molar-refractivity contribution >= 4 is 40.4 Å². The average Bonchev–Trinajstić information content (AvgIpc) is 2.97. The van der Waals surface area contributed by atoms with Gasteiger partial charge in [0.15, 0.2) is 11.3 Å². The number of halogens is 2. The molecule has 0 spiro atoms. The van der Waals surface area contributed by atoms with Crippen LogP contribution >= 0.6 is 23.2 Å². The normalized spacial score (nSPS) is 14.1. The van der Waals surface area contributed by atoms with Gasteiger partial charge in [-0.25, -0.2) is 14.5 Å². The summed E-state index contributed by atoms with van der Waals surface area (Å²) >= 11 is 12.2. The van der Waals surface area contributed by atoms with E-state index in [2.05, 4.69) is 10.1 Å². The van der Waals surface area contributed by atoms with Gasteiger partial charge < -0.3 is 0 Å². The molecule has 0 saturated heterocycles. The molecule has 1 aliphatic heterocycles. The van der Waals surface area contributed by atoms with Gasteiger partial charge in [-0.15, -0.1) is 0 Å². The van der Waals surface area contributed by atoms with Crippen LogP contribution in [-0.2, 0) is 6.42 Å². The molecule has 0 saturated carbocycles. The van der Waals surface area contributed by atoms with Crippen molar-refractivity contribution in [2.24, 2.45) is 0 Å². The fourth-order valence-corrected chi connectivity index (χ4v) is 3.41. The second-order valence-electron chi connectivity index (χ2n) is 5.55. The zero-order valence-electron chi connectivity index (χ0n) is 12.8. The van der Waals surface area contributed by atoms with Crippen LogP contribution in [-0.4, -0.2) is 39.1 Å². The van der Waals surface area contributed by atoms with Crippen LogP contribution in [0.5, 0.6) is 0 Å². The molecule has 8 heteroatoms. The van der Waals surface area contributed by atoms with Gasteiger partial charge in [0, 0.05) is 25.9 Å². The molecule has 6 nitrogen and oxygen atoms in total. The number of para-hydroxylation sites is 1. The van der Waals surface area contributed by atoms with E-state index in [4.69, 9.17) is 23.2 Å². The van der Waals surface area contributed by atoms with Gasteiger partial charge in [0.05, 0.1) is 21.9 Å². The molecule has 0 N–H and O–H groups in total. The van der Waals surface area contributed by atoms with Crippen molar-refractivity contribution < 1.29 is 4.79 Å². The monoisotopic (exact) mass is 361 g/mol. The quantitative estimate of drug-likeness (QED) is 0.668. The topological polar surface area (TPSA) is 53.7 Å². The Morgan fingerprint density at radius 3 is 2.96 bits per heavy atom. The van der Waals surface area contributed by atoms with Gasteiger partial charge in [-0.2, -0.15) is 5.10 Å². The van der Waals surface area contributed by atoms with E-state index in [1.807, 2.05) is 25.2 Å². The zero-order valence-corrected chi connectivity index (χ0v) is 14.3. The van der Waals surface area contributed by atoms with Gasteiger partial charge in [-0.05, 0) is 18.1 Å². The lowest BCUT2D eigenvalue weighted by molar-refractivity contribution is 0.0732. The summed E-state index contributed by atoms with van der Waals surface area (Å²) in [5.41, 5.74) is 2.86. The Morgan fingerprint density at radius 1 is 1.29 bits per heavy atom. The molecule has 122 valence electrons. The predicted octanol–water partition coefficient (Wildman–Crippen LogP) is 3.09. The van der Waals surface area contributed by atoms with Crippen LogP contribution < -0.4 is 5.01 Å². The first-order chi connectivity index (χ1) is 11.5. The van der Waals surface area contributed by atoms with Crippen LogP contribution in [0.4, 0.5) is 5.69 Å². The fourth-order valence-electron chi connectivity index (χ4n) is 2.95. The van der Waals surface area contributed by atoms with Gasteiger partial charge in [0.1, 0.15) is 0 Å². The molecule has 0 atom stereocenters. The number of benzene rings is 1. The van der Waals surface area contributed by atoms with Crippen molar-refractivity contribution in [1.82, 2.24) is 19.6 Å². The van der Waals surface area contributed by atoms with E-state index in [1.54, 1.807) is 22.3 Å². The molecule has 0 radical (unpaired) electrons. The highest BCUT2D eigenvalue weighted by Gasteiger charge is 2.29. The Balaban J connectivity index is 1.70. The molecule has 0 unspecified atom stereocenters. The molecule has 0 aliphatic carbocycles. The van der Waals surface area contributed by atoms with E-state index in [-0.39, 0.29) is 5.91 Å². The first-order valence-corrected chi connectivity index (χ1v) is 8.14. The predicted molar refractivity (Wildman–Crippen MR) is 92.6 cm³/mol. The number of rotatable bonds is 1. The van der Waals surface area contributed by atoms with Crippen molar-refractivity contribution in [2.75, 3.05) is 18.6 Å². The summed E-state index contributed by atoms with van der Waals surface area (Å²) in [5.74, 6) is -0.204. The van der Waals surface area contributed by atoms with E-state index >= 15 is 0 Å². The van der Waals surface area contributed by atoms with E-state index in [9.17, 15) is 4.79 Å². The number of fused-ring (bicyclic) bond motifs is 2. The number of hydrazine groups is 1. The summed E-state index contributed by atoms with van der Waals surface area (Å²) in [7, 11) is 1.83. The molecule has 24 heavy (non-hydrogen) atoms. The summed E-state index contributed by atoms with van der Waals surface area (Å²) in [4.78, 5) is 17.1. The van der Waals surface area contributed by atoms with E-state index in [0.29, 0.717) is 27.9 Å². The zero-order chi connectivity index (χ0) is 16.8. The van der Waals surface area contributed by atoms with Crippen molar-refractivity contribution in [1.29, 1.82) is 0 Å². The van der Waals surface area contributed by atoms with Crippen LogP contribution in [0.1, 0.15) is 16.1 Å². The number of nitrogens with zero attached hydrogens (tertiary/aromatic N) is 5. The van der Waals surface area contributed by atoms with Gasteiger partial charge in [-0.1, -0.05) is 35.3 Å². The average molecular weight is 362 g/mol. The fraction of sp³-hybridized carbons (Fsp3) is 0.188. The molecule has 1 aromatic carbocycles. The second kappa shape index (κ2) is 5.65. The highest BCUT2D eigenvalue weighted by Crippen LogP contribution is 2.34. The number of aromatic nitrogens is 3. The summed E-state index contributed by atoms with van der Waals surface area (Å²) < 4.78 is 1.50. The Bertz CT molecular complexity index is 955. The van der Waals surface area contributed by atoms with Gasteiger partial charge in [-0.3, -0.25) is 9.80 Å². The highest BCUT2D eigenvalue weighted by atomic mass is 35.5. The summed E-state index contributed by atoms with van der Waals surface area (Å²) in [6, 6.07) is 7.41. The summed E-state index contributed by atoms with van der Waals surface area (Å²) in [6.45, 7) is 0.560. The SMILES string of the molecule is CN1c2c(Cl)cccc2CCN1C(=O)c1cc2ncc(Cl)cn2n1. The molecular weight excluding hydrogens is 349 g/mol. The smallest absolute Gasteiger partial charge is 0.284 e. The van der Waals surface area contributed by atoms with Crippen molar-refractivity contribution in [3.05, 3.63) is 58.0 Å². The maximum atomic E-state index is 12.9. The van der Waals surface area contributed by atoms with Crippen molar-refractivity contribution in [2.45, 2.75) is 6.42 Å². The van der Waals surface area contributed by atoms with Gasteiger partial charge in [0.2, 0.25) is 0 Å². The molecule has 4 rings (SSSR count). The number of hydrogen-bond donors (Lipinski definition) is 0. The molecular formula is C16H13Cl2N5O. The standard InChI is InChI=1S/C16H13Cl2N5O/c1-21-15-10(3-2-4-12(15)18)5-6-23(21)16(24)13-7-14-19-8-11(17)9-22(14)20-13/h2-4,7-9H,5-6H2,1H3. The molecule has 1 aliphatic rings. The first-order valence-electron chi connectivity index (χ1n) is 7.38. The van der Waals surface area contributed by atoms with Crippen LogP contribution in [0.2, 0.25) is 10.0 Å². The Hall–Kier alpha value is -2.31. The Labute approximate surface area is 148 Å². The molecule has 3 heterocycles. The largest absolute Gasteiger partial charge is 0.292 e. The first kappa shape index (κ1) is 15.2. The molecule has 0 bridgehead atoms. The molecule has 0 fully saturated rings. The third-order valence-electron chi connectivity index (χ3n) is 4.08. The van der Waals surface area contributed by atoms with Crippen LogP contribution in [0.25, 0.3) is 5.65 Å². The third kappa shape index (κ3) is 2.39. The van der Waals surface area contributed by atoms with Crippen LogP contribution in [0, 0.1) is 0 Å². The van der Waals surface area contributed by atoms with Gasteiger partial charge >= 0.3 is 0 Å². The second-order valence-corrected chi connectivity index (χ2v) is 6.40. The summed E-state index contributed by atoms with van der Waals surface area (Å²) in [5, 5.41) is 8.78. The highest BCUT2D eigenvalue weighted by molar-refractivity contribution is 6.33. The number of carbonyl (C=O) groups excluding carboxylic acids is 1. The van der Waals surface area contributed by atoms with Crippen LogP contribution in [0.15, 0.2) is 36.7 Å². The van der Waals surface area contributed by atoms with Crippen molar-refractivity contribution in [3.63, 3.8) is 0 Å². The van der Waals surface area contributed by atoms with E-state index in [0.717, 1.165) is 17.7 Å². The van der Waals surface area contributed by atoms with Gasteiger partial charge in [0.25, 0.3) is 5.91 Å². The lowest BCUT2D eigenvalue weighted by Gasteiger charge is -2.38. The summed E-state index contributed by atoms with van der Waals surface area (Å²) in [6.07, 6.45) is 3.88. The minimum Gasteiger partial charge on any atom is -0.284 e. The van der Waals surface area contributed by atoms with Crippen molar-refractivity contribution in [3.8, 4) is 0 Å². The third-order valence-corrected chi connectivity index (χ3v) is 4.58. The Kier molecular flexibility index (Phi) is 3.58. The van der Waals surface area contributed by atoms with E-state index < -0.39 is 0 Å². The minimum atomic E-state index is -0.204. The lowest BCUT2D eigenvalue weighted by Crippen LogP contribution is -2.48. The molecule has 2 aromatic heterocycles. The number of amides is 1. The van der Waals surface area contributed by atoms with E-state index in [1.165, 1.54) is 10.7 Å². The van der Waals surface area contributed by atoms with Crippen LogP contribution in [0.3, 0.4) is 0 Å². The maximum absolute atomic E-state index is 12.9. The number of anilines is 1. The Morgan fingerprint density at radius 2 is 2.12 bits per heavy atom. The number of carbonyl (C=O) groups is 1. The lowest BCUT2D eigenvalue weighted by atomic mass is 10.1. The minimum absolute atomic E-state index is 0.204.